The fourth-order valence-electron chi connectivity index (χ4n) is 1.47. The Morgan fingerprint density at radius 2 is 2.05 bits per heavy atom. The van der Waals surface area contributed by atoms with Crippen LogP contribution in [0.5, 0.6) is 0 Å². The number of nitrogens with zero attached hydrogens (tertiary/aromatic N) is 1. The number of alkyl halides is 5. The maximum atomic E-state index is 12.8. The van der Waals surface area contributed by atoms with Gasteiger partial charge in [-0.15, -0.1) is 0 Å². The van der Waals surface area contributed by atoms with E-state index in [-0.39, 0.29) is 6.61 Å². The van der Waals surface area contributed by atoms with Crippen molar-refractivity contribution < 1.29 is 31.5 Å². The fraction of sp³-hybridized carbons (Fsp3) is 0.455. The Morgan fingerprint density at radius 1 is 1.45 bits per heavy atom. The number of hydrogen-bond donors (Lipinski definition) is 0. The molecule has 0 aliphatic rings. The van der Waals surface area contributed by atoms with Crippen molar-refractivity contribution in [2.75, 3.05) is 6.61 Å². The first-order valence-electron chi connectivity index (χ1n) is 5.36. The zero-order valence-electron chi connectivity index (χ0n) is 10.1. The molecule has 0 bridgehead atoms. The lowest BCUT2D eigenvalue weighted by molar-refractivity contribution is -0.143. The molecular weight excluding hydrogens is 309 g/mol. The first kappa shape index (κ1) is 16.6. The van der Waals surface area contributed by atoms with E-state index < -0.39 is 46.8 Å². The van der Waals surface area contributed by atoms with Crippen LogP contribution in [0.2, 0.25) is 5.02 Å². The number of esters is 1. The summed E-state index contributed by atoms with van der Waals surface area (Å²) in [5.41, 5.74) is -3.46. The van der Waals surface area contributed by atoms with Crippen LogP contribution in [0.1, 0.15) is 30.2 Å². The van der Waals surface area contributed by atoms with Crippen LogP contribution in [0, 0.1) is 0 Å². The third-order valence-electron chi connectivity index (χ3n) is 2.26. The van der Waals surface area contributed by atoms with Crippen LogP contribution in [-0.4, -0.2) is 17.6 Å². The lowest BCUT2D eigenvalue weighted by atomic mass is 10.1. The predicted molar refractivity (Wildman–Crippen MR) is 59.5 cm³/mol. The Balaban J connectivity index is 3.28. The van der Waals surface area contributed by atoms with Gasteiger partial charge in [-0.25, -0.2) is 8.78 Å². The molecule has 0 spiro atoms. The largest absolute Gasteiger partial charge is 0.466 e. The second-order valence-electron chi connectivity index (χ2n) is 3.63. The number of aromatic nitrogens is 1. The van der Waals surface area contributed by atoms with Gasteiger partial charge >= 0.3 is 12.1 Å². The van der Waals surface area contributed by atoms with Crippen molar-refractivity contribution in [3.8, 4) is 0 Å². The highest BCUT2D eigenvalue weighted by atomic mass is 35.5. The summed E-state index contributed by atoms with van der Waals surface area (Å²) in [4.78, 5) is 14.6. The predicted octanol–water partition coefficient (Wildman–Crippen LogP) is 3.80. The Bertz CT molecular complexity index is 504. The zero-order chi connectivity index (χ0) is 15.5. The molecule has 0 saturated heterocycles. The van der Waals surface area contributed by atoms with Crippen LogP contribution in [0.3, 0.4) is 0 Å². The van der Waals surface area contributed by atoms with E-state index in [4.69, 9.17) is 11.6 Å². The molecule has 1 aromatic heterocycles. The molecule has 1 heterocycles. The lowest BCUT2D eigenvalue weighted by Gasteiger charge is -2.15. The first-order chi connectivity index (χ1) is 9.18. The molecule has 0 fully saturated rings. The van der Waals surface area contributed by atoms with Crippen LogP contribution >= 0.6 is 11.6 Å². The van der Waals surface area contributed by atoms with Crippen LogP contribution in [0.4, 0.5) is 22.0 Å². The first-order valence-corrected chi connectivity index (χ1v) is 5.74. The summed E-state index contributed by atoms with van der Waals surface area (Å²) in [5.74, 6) is -0.847. The van der Waals surface area contributed by atoms with Gasteiger partial charge in [0, 0.05) is 11.8 Å². The quantitative estimate of drug-likeness (QED) is 0.626. The molecule has 0 radical (unpaired) electrons. The molecule has 0 amide bonds. The third kappa shape index (κ3) is 3.78. The van der Waals surface area contributed by atoms with Crippen LogP contribution < -0.4 is 0 Å². The molecule has 0 aliphatic heterocycles. The van der Waals surface area contributed by atoms with Crippen molar-refractivity contribution >= 4 is 17.6 Å². The lowest BCUT2D eigenvalue weighted by Crippen LogP contribution is -2.15. The Labute approximate surface area is 115 Å². The maximum Gasteiger partial charge on any atom is 0.418 e. The summed E-state index contributed by atoms with van der Waals surface area (Å²) in [6.07, 6.45) is -8.71. The highest BCUT2D eigenvalue weighted by Crippen LogP contribution is 2.41. The van der Waals surface area contributed by atoms with E-state index in [1.807, 2.05) is 0 Å². The minimum atomic E-state index is -5.07. The molecular formula is C11H9ClF5NO2. The summed E-state index contributed by atoms with van der Waals surface area (Å²) in [6, 6.07) is 0. The molecule has 1 rings (SSSR count). The Morgan fingerprint density at radius 3 is 2.50 bits per heavy atom. The molecule has 0 N–H and O–H groups in total. The van der Waals surface area contributed by atoms with Gasteiger partial charge in [0.1, 0.15) is 0 Å². The number of rotatable bonds is 4. The van der Waals surface area contributed by atoms with Gasteiger partial charge in [0.25, 0.3) is 6.43 Å². The molecule has 0 atom stereocenters. The van der Waals surface area contributed by atoms with Gasteiger partial charge < -0.3 is 4.74 Å². The van der Waals surface area contributed by atoms with Crippen molar-refractivity contribution in [2.24, 2.45) is 0 Å². The monoisotopic (exact) mass is 317 g/mol. The highest BCUT2D eigenvalue weighted by Gasteiger charge is 2.39. The van der Waals surface area contributed by atoms with Gasteiger partial charge in [0.2, 0.25) is 0 Å². The minimum Gasteiger partial charge on any atom is -0.466 e. The maximum absolute atomic E-state index is 12.8. The zero-order valence-corrected chi connectivity index (χ0v) is 10.9. The van der Waals surface area contributed by atoms with E-state index in [0.29, 0.717) is 6.20 Å². The molecule has 20 heavy (non-hydrogen) atoms. The van der Waals surface area contributed by atoms with Crippen LogP contribution in [-0.2, 0) is 22.1 Å². The molecule has 3 nitrogen and oxygen atoms in total. The summed E-state index contributed by atoms with van der Waals surface area (Å²) in [7, 11) is 0. The average molecular weight is 318 g/mol. The van der Waals surface area contributed by atoms with Crippen molar-refractivity contribution in [3.05, 3.63) is 28.0 Å². The normalized spacial score (nSPS) is 11.8. The van der Waals surface area contributed by atoms with Crippen molar-refractivity contribution in [1.29, 1.82) is 0 Å². The van der Waals surface area contributed by atoms with E-state index in [1.165, 1.54) is 6.92 Å². The molecule has 0 aromatic carbocycles. The van der Waals surface area contributed by atoms with Gasteiger partial charge in [-0.05, 0) is 6.92 Å². The summed E-state index contributed by atoms with van der Waals surface area (Å²) < 4.78 is 68.0. The number of ether oxygens (including phenoxy) is 1. The van der Waals surface area contributed by atoms with Crippen molar-refractivity contribution in [2.45, 2.75) is 25.9 Å². The van der Waals surface area contributed by atoms with Gasteiger partial charge in [0.05, 0.1) is 29.3 Å². The van der Waals surface area contributed by atoms with Gasteiger partial charge in [0.15, 0.2) is 0 Å². The van der Waals surface area contributed by atoms with E-state index in [2.05, 4.69) is 9.72 Å². The average Bonchev–Trinajstić information content (AvgIpc) is 2.29. The number of carbonyl (C=O) groups is 1. The molecule has 9 heteroatoms. The number of halogens is 6. The standard InChI is InChI=1S/C11H9ClF5NO2/c1-2-20-7(19)3-6-9(12)8(11(15,16)17)5(4-18-6)10(13)14/h4,10H,2-3H2,1H3. The second-order valence-corrected chi connectivity index (χ2v) is 4.01. The van der Waals surface area contributed by atoms with Crippen LogP contribution in [0.25, 0.3) is 0 Å². The SMILES string of the molecule is CCOC(=O)Cc1ncc(C(F)F)c(C(F)(F)F)c1Cl. The fourth-order valence-corrected chi connectivity index (χ4v) is 1.80. The molecule has 112 valence electrons. The number of pyridine rings is 1. The molecule has 0 aliphatic carbocycles. The van der Waals surface area contributed by atoms with Crippen molar-refractivity contribution in [3.63, 3.8) is 0 Å². The van der Waals surface area contributed by atoms with Crippen molar-refractivity contribution in [1.82, 2.24) is 4.98 Å². The van der Waals surface area contributed by atoms with E-state index >= 15 is 0 Å². The Hall–Kier alpha value is -1.44. The van der Waals surface area contributed by atoms with Gasteiger partial charge in [-0.2, -0.15) is 13.2 Å². The summed E-state index contributed by atoms with van der Waals surface area (Å²) in [6.45, 7) is 1.53. The highest BCUT2D eigenvalue weighted by molar-refractivity contribution is 6.32. The smallest absolute Gasteiger partial charge is 0.418 e. The molecule has 1 aromatic rings. The number of carbonyl (C=O) groups excluding carboxylic acids is 1. The Kier molecular flexibility index (Phi) is 5.27. The van der Waals surface area contributed by atoms with Gasteiger partial charge in [-0.3, -0.25) is 9.78 Å². The number of hydrogen-bond acceptors (Lipinski definition) is 3. The van der Waals surface area contributed by atoms with Gasteiger partial charge in [-0.1, -0.05) is 11.6 Å². The topological polar surface area (TPSA) is 39.2 Å². The second kappa shape index (κ2) is 6.34. The van der Waals surface area contributed by atoms with E-state index in [0.717, 1.165) is 0 Å². The molecule has 0 saturated carbocycles. The summed E-state index contributed by atoms with van der Waals surface area (Å²) in [5, 5.41) is -1.01. The summed E-state index contributed by atoms with van der Waals surface area (Å²) >= 11 is 5.46. The van der Waals surface area contributed by atoms with E-state index in [9.17, 15) is 26.7 Å². The van der Waals surface area contributed by atoms with E-state index in [1.54, 1.807) is 0 Å². The third-order valence-corrected chi connectivity index (χ3v) is 2.66. The molecule has 0 unspecified atom stereocenters. The minimum absolute atomic E-state index is 0.0255. The van der Waals surface area contributed by atoms with Crippen LogP contribution in [0.15, 0.2) is 6.20 Å².